The summed E-state index contributed by atoms with van der Waals surface area (Å²) in [5.41, 5.74) is 7.27. The average molecular weight is 328 g/mol. The number of nitrogens with zero attached hydrogens (tertiary/aromatic N) is 2. The molecule has 0 fully saturated rings. The van der Waals surface area contributed by atoms with Crippen molar-refractivity contribution in [1.29, 1.82) is 0 Å². The van der Waals surface area contributed by atoms with E-state index in [2.05, 4.69) is 15.9 Å². The second kappa shape index (κ2) is 4.73. The molecule has 7 heteroatoms. The molecule has 0 spiro atoms. The maximum absolute atomic E-state index is 11.8. The highest BCUT2D eigenvalue weighted by Gasteiger charge is 2.34. The summed E-state index contributed by atoms with van der Waals surface area (Å²) in [4.78, 5) is 25.9. The molecule has 1 unspecified atom stereocenters. The molecule has 0 aromatic heterocycles. The Bertz CT molecular complexity index is 561. The van der Waals surface area contributed by atoms with Gasteiger partial charge in [0.05, 0.1) is 17.4 Å². The van der Waals surface area contributed by atoms with E-state index in [1.165, 1.54) is 11.8 Å². The molecule has 1 atom stereocenters. The van der Waals surface area contributed by atoms with E-state index in [1.54, 1.807) is 24.0 Å². The minimum absolute atomic E-state index is 0.138. The summed E-state index contributed by atoms with van der Waals surface area (Å²) >= 11 is 3.27. The Morgan fingerprint density at radius 2 is 2.05 bits per heavy atom. The van der Waals surface area contributed by atoms with Gasteiger partial charge in [-0.05, 0) is 35.0 Å². The number of hydrogen-bond acceptors (Lipinski definition) is 3. The molecule has 1 heterocycles. The third-order valence-electron chi connectivity index (χ3n) is 3.10. The lowest BCUT2D eigenvalue weighted by molar-refractivity contribution is -0.117. The van der Waals surface area contributed by atoms with Crippen LogP contribution in [0.3, 0.4) is 0 Å². The number of anilines is 3. The van der Waals surface area contributed by atoms with Crippen LogP contribution in [0.5, 0.6) is 0 Å². The largest absolute Gasteiger partial charge is 0.465 e. The van der Waals surface area contributed by atoms with E-state index in [0.717, 1.165) is 0 Å². The van der Waals surface area contributed by atoms with Crippen LogP contribution in [0.15, 0.2) is 16.6 Å². The van der Waals surface area contributed by atoms with Crippen LogP contribution >= 0.6 is 15.9 Å². The molecule has 3 N–H and O–H groups in total. The lowest BCUT2D eigenvalue weighted by Crippen LogP contribution is -2.51. The van der Waals surface area contributed by atoms with Crippen LogP contribution in [0.1, 0.15) is 13.8 Å². The number of nitrogen functional groups attached to an aromatic ring is 1. The standard InChI is InChI=1S/C12H14BrN3O3/c1-6-5-15(12(18)19)10-3-8(13)9(14)4-11(10)16(6)7(2)17/h3-4,6H,5,14H2,1-2H3,(H,18,19). The average Bonchev–Trinajstić information content (AvgIpc) is 2.29. The third-order valence-corrected chi connectivity index (χ3v) is 3.79. The minimum atomic E-state index is -1.05. The summed E-state index contributed by atoms with van der Waals surface area (Å²) in [5, 5.41) is 9.26. The Labute approximate surface area is 118 Å². The van der Waals surface area contributed by atoms with Crippen molar-refractivity contribution >= 4 is 45.0 Å². The molecular formula is C12H14BrN3O3. The van der Waals surface area contributed by atoms with Crippen molar-refractivity contribution in [3.8, 4) is 0 Å². The van der Waals surface area contributed by atoms with E-state index in [9.17, 15) is 14.7 Å². The van der Waals surface area contributed by atoms with Crippen molar-refractivity contribution in [1.82, 2.24) is 0 Å². The zero-order valence-electron chi connectivity index (χ0n) is 10.6. The second-order valence-corrected chi connectivity index (χ2v) is 5.35. The zero-order valence-corrected chi connectivity index (χ0v) is 12.1. The molecule has 1 aromatic carbocycles. The Balaban J connectivity index is 2.65. The van der Waals surface area contributed by atoms with Gasteiger partial charge < -0.3 is 15.7 Å². The topological polar surface area (TPSA) is 86.9 Å². The van der Waals surface area contributed by atoms with E-state index >= 15 is 0 Å². The van der Waals surface area contributed by atoms with Crippen LogP contribution in [0.4, 0.5) is 21.9 Å². The molecule has 6 nitrogen and oxygen atoms in total. The maximum atomic E-state index is 11.8. The first-order chi connectivity index (χ1) is 8.82. The number of carboxylic acid groups (broad SMARTS) is 1. The number of fused-ring (bicyclic) bond motifs is 1. The number of benzene rings is 1. The predicted octanol–water partition coefficient (Wildman–Crippen LogP) is 2.27. The summed E-state index contributed by atoms with van der Waals surface area (Å²) in [6.45, 7) is 3.49. The maximum Gasteiger partial charge on any atom is 0.411 e. The van der Waals surface area contributed by atoms with Crippen molar-refractivity contribution in [3.05, 3.63) is 16.6 Å². The molecule has 102 valence electrons. The fraction of sp³-hybridized carbons (Fsp3) is 0.333. The predicted molar refractivity (Wildman–Crippen MR) is 76.5 cm³/mol. The van der Waals surface area contributed by atoms with Crippen LogP contribution in [0.25, 0.3) is 0 Å². The van der Waals surface area contributed by atoms with E-state index in [0.29, 0.717) is 21.5 Å². The van der Waals surface area contributed by atoms with Gasteiger partial charge in [0.2, 0.25) is 5.91 Å². The van der Waals surface area contributed by atoms with Gasteiger partial charge in [-0.2, -0.15) is 0 Å². The molecule has 0 radical (unpaired) electrons. The SMILES string of the molecule is CC(=O)N1c2cc(N)c(Br)cc2N(C(=O)O)CC1C. The zero-order chi connectivity index (χ0) is 14.3. The molecule has 0 aliphatic carbocycles. The van der Waals surface area contributed by atoms with Crippen molar-refractivity contribution < 1.29 is 14.7 Å². The van der Waals surface area contributed by atoms with Crippen molar-refractivity contribution in [3.63, 3.8) is 0 Å². The summed E-state index contributed by atoms with van der Waals surface area (Å²) in [6, 6.07) is 3.01. The lowest BCUT2D eigenvalue weighted by Gasteiger charge is -2.39. The molecule has 0 saturated heterocycles. The number of carbonyl (C=O) groups is 2. The van der Waals surface area contributed by atoms with Crippen LogP contribution in [0, 0.1) is 0 Å². The first-order valence-corrected chi connectivity index (χ1v) is 6.51. The molecule has 2 amide bonds. The monoisotopic (exact) mass is 327 g/mol. The van der Waals surface area contributed by atoms with Gasteiger partial charge in [0, 0.05) is 23.6 Å². The highest BCUT2D eigenvalue weighted by Crippen LogP contribution is 2.40. The smallest absolute Gasteiger partial charge is 0.411 e. The minimum Gasteiger partial charge on any atom is -0.465 e. The van der Waals surface area contributed by atoms with Gasteiger partial charge in [-0.1, -0.05) is 0 Å². The highest BCUT2D eigenvalue weighted by atomic mass is 79.9. The second-order valence-electron chi connectivity index (χ2n) is 4.49. The Hall–Kier alpha value is -1.76. The van der Waals surface area contributed by atoms with Gasteiger partial charge in [-0.3, -0.25) is 9.69 Å². The van der Waals surface area contributed by atoms with Gasteiger partial charge in [-0.15, -0.1) is 0 Å². The Morgan fingerprint density at radius 1 is 1.42 bits per heavy atom. The van der Waals surface area contributed by atoms with E-state index in [-0.39, 0.29) is 18.5 Å². The van der Waals surface area contributed by atoms with Gasteiger partial charge in [-0.25, -0.2) is 4.79 Å². The van der Waals surface area contributed by atoms with Gasteiger partial charge in [0.15, 0.2) is 0 Å². The van der Waals surface area contributed by atoms with E-state index < -0.39 is 6.09 Å². The number of amides is 2. The van der Waals surface area contributed by atoms with Crippen LogP contribution in [0.2, 0.25) is 0 Å². The molecule has 1 aliphatic heterocycles. The Kier molecular flexibility index (Phi) is 3.40. The molecule has 19 heavy (non-hydrogen) atoms. The first-order valence-electron chi connectivity index (χ1n) is 5.72. The van der Waals surface area contributed by atoms with Crippen molar-refractivity contribution in [2.24, 2.45) is 0 Å². The molecule has 1 aliphatic rings. The number of nitrogens with two attached hydrogens (primary N) is 1. The normalized spacial score (nSPS) is 18.2. The quantitative estimate of drug-likeness (QED) is 0.715. The molecule has 2 rings (SSSR count). The summed E-state index contributed by atoms with van der Waals surface area (Å²) in [5.74, 6) is -0.138. The van der Waals surface area contributed by atoms with Crippen LogP contribution in [-0.2, 0) is 4.79 Å². The number of halogens is 1. The van der Waals surface area contributed by atoms with Crippen LogP contribution < -0.4 is 15.5 Å². The molecular weight excluding hydrogens is 314 g/mol. The van der Waals surface area contributed by atoms with Gasteiger partial charge >= 0.3 is 6.09 Å². The summed E-state index contributed by atoms with van der Waals surface area (Å²) in [7, 11) is 0. The third kappa shape index (κ3) is 2.25. The highest BCUT2D eigenvalue weighted by molar-refractivity contribution is 9.10. The number of carbonyl (C=O) groups excluding carboxylic acids is 1. The van der Waals surface area contributed by atoms with Gasteiger partial charge in [0.25, 0.3) is 0 Å². The molecule has 0 bridgehead atoms. The Morgan fingerprint density at radius 3 is 2.58 bits per heavy atom. The van der Waals surface area contributed by atoms with Gasteiger partial charge in [0.1, 0.15) is 0 Å². The summed E-state index contributed by atoms with van der Waals surface area (Å²) in [6.07, 6.45) is -1.05. The number of hydrogen-bond donors (Lipinski definition) is 2. The molecule has 0 saturated carbocycles. The first kappa shape index (κ1) is 13.7. The fourth-order valence-electron chi connectivity index (χ4n) is 2.32. The van der Waals surface area contributed by atoms with Crippen molar-refractivity contribution in [2.75, 3.05) is 22.1 Å². The summed E-state index contributed by atoms with van der Waals surface area (Å²) < 4.78 is 0.607. The lowest BCUT2D eigenvalue weighted by atomic mass is 10.1. The molecule has 1 aromatic rings. The van der Waals surface area contributed by atoms with Crippen LogP contribution in [-0.4, -0.2) is 29.7 Å². The van der Waals surface area contributed by atoms with E-state index in [1.807, 2.05) is 0 Å². The number of rotatable bonds is 0. The fourth-order valence-corrected chi connectivity index (χ4v) is 2.65. The van der Waals surface area contributed by atoms with E-state index in [4.69, 9.17) is 5.73 Å². The van der Waals surface area contributed by atoms with Crippen molar-refractivity contribution in [2.45, 2.75) is 19.9 Å².